The van der Waals surface area contributed by atoms with Crippen LogP contribution in [0.3, 0.4) is 0 Å². The minimum Gasteiger partial charge on any atom is -0.393 e. The Kier molecular flexibility index (Phi) is 3.63. The standard InChI is InChI=1S/C13H17N2P/c1-14-8-12(9-16)10-4-5-13-11(7-10)3-2-6-15-13/h4-5,7-9,14-16H,2-3,6H2,1H3/b12-8+. The minimum absolute atomic E-state index is 1.09. The molecule has 2 N–H and O–H groups in total. The number of fused-ring (bicyclic) bond motifs is 1. The van der Waals surface area contributed by atoms with Gasteiger partial charge in [-0.3, -0.25) is 0 Å². The largest absolute Gasteiger partial charge is 0.393 e. The molecule has 0 unspecified atom stereocenters. The van der Waals surface area contributed by atoms with Crippen molar-refractivity contribution in [2.45, 2.75) is 12.8 Å². The summed E-state index contributed by atoms with van der Waals surface area (Å²) in [5.41, 5.74) is 5.10. The van der Waals surface area contributed by atoms with E-state index in [0.717, 1.165) is 12.1 Å². The number of hydrogen-bond acceptors (Lipinski definition) is 2. The van der Waals surface area contributed by atoms with E-state index in [4.69, 9.17) is 0 Å². The van der Waals surface area contributed by atoms with Crippen molar-refractivity contribution in [3.8, 4) is 0 Å². The molecule has 0 saturated carbocycles. The normalized spacial score (nSPS) is 14.9. The Morgan fingerprint density at radius 1 is 1.50 bits per heavy atom. The molecule has 16 heavy (non-hydrogen) atoms. The summed E-state index contributed by atoms with van der Waals surface area (Å²) in [6.45, 7) is 1.09. The fraction of sp³-hybridized carbons (Fsp3) is 0.308. The lowest BCUT2D eigenvalue weighted by molar-refractivity contribution is 0.830. The molecule has 0 aromatic heterocycles. The lowest BCUT2D eigenvalue weighted by atomic mass is 9.98. The van der Waals surface area contributed by atoms with Crippen molar-refractivity contribution in [1.82, 2.24) is 5.32 Å². The summed E-state index contributed by atoms with van der Waals surface area (Å²) >= 11 is 0. The lowest BCUT2D eigenvalue weighted by Crippen LogP contribution is -2.11. The van der Waals surface area contributed by atoms with Crippen LogP contribution in [-0.2, 0) is 6.42 Å². The Bertz CT molecular complexity index is 424. The van der Waals surface area contributed by atoms with Crippen LogP contribution in [0.1, 0.15) is 17.5 Å². The van der Waals surface area contributed by atoms with Gasteiger partial charge in [-0.15, -0.1) is 8.86 Å². The van der Waals surface area contributed by atoms with Gasteiger partial charge in [0.1, 0.15) is 0 Å². The summed E-state index contributed by atoms with van der Waals surface area (Å²) in [4.78, 5) is 0. The molecule has 84 valence electrons. The Balaban J connectivity index is 2.35. The van der Waals surface area contributed by atoms with Gasteiger partial charge in [-0.2, -0.15) is 0 Å². The number of nitrogens with one attached hydrogen (secondary N) is 2. The molecule has 0 atom stereocenters. The van der Waals surface area contributed by atoms with Gasteiger partial charge in [-0.25, -0.2) is 0 Å². The predicted octanol–water partition coefficient (Wildman–Crippen LogP) is 2.55. The van der Waals surface area contributed by atoms with E-state index in [0.29, 0.717) is 0 Å². The quantitative estimate of drug-likeness (QED) is 0.783. The van der Waals surface area contributed by atoms with E-state index in [1.54, 1.807) is 0 Å². The zero-order chi connectivity index (χ0) is 11.4. The van der Waals surface area contributed by atoms with E-state index in [-0.39, 0.29) is 0 Å². The van der Waals surface area contributed by atoms with Gasteiger partial charge in [-0.1, -0.05) is 6.07 Å². The van der Waals surface area contributed by atoms with Crippen LogP contribution >= 0.6 is 8.86 Å². The van der Waals surface area contributed by atoms with Crippen molar-refractivity contribution in [1.29, 1.82) is 0 Å². The van der Waals surface area contributed by atoms with Crippen molar-refractivity contribution < 1.29 is 0 Å². The molecule has 1 aliphatic heterocycles. The fourth-order valence-corrected chi connectivity index (χ4v) is 2.27. The number of rotatable bonds is 3. The van der Waals surface area contributed by atoms with Crippen LogP contribution in [0.5, 0.6) is 0 Å². The molecule has 0 aliphatic carbocycles. The zero-order valence-electron chi connectivity index (χ0n) is 9.51. The van der Waals surface area contributed by atoms with Crippen LogP contribution in [0.2, 0.25) is 0 Å². The molecular weight excluding hydrogens is 215 g/mol. The third kappa shape index (κ3) is 2.28. The zero-order valence-corrected chi connectivity index (χ0v) is 10.5. The third-order valence-corrected chi connectivity index (χ3v) is 3.14. The molecule has 0 saturated heterocycles. The maximum Gasteiger partial charge on any atom is 0.0373 e. The van der Waals surface area contributed by atoms with Gasteiger partial charge in [0.15, 0.2) is 0 Å². The highest BCUT2D eigenvalue weighted by Crippen LogP contribution is 2.25. The van der Waals surface area contributed by atoms with Gasteiger partial charge < -0.3 is 10.6 Å². The van der Waals surface area contributed by atoms with Crippen molar-refractivity contribution in [2.75, 3.05) is 18.9 Å². The van der Waals surface area contributed by atoms with E-state index in [1.165, 1.54) is 29.7 Å². The van der Waals surface area contributed by atoms with E-state index in [9.17, 15) is 0 Å². The van der Waals surface area contributed by atoms with Crippen LogP contribution in [0.4, 0.5) is 5.69 Å². The van der Waals surface area contributed by atoms with Crippen molar-refractivity contribution in [3.63, 3.8) is 0 Å². The second kappa shape index (κ2) is 5.18. The maximum atomic E-state index is 3.45. The molecule has 1 aliphatic rings. The van der Waals surface area contributed by atoms with Gasteiger partial charge in [0.2, 0.25) is 0 Å². The van der Waals surface area contributed by atoms with Crippen LogP contribution in [0, 0.1) is 0 Å². The van der Waals surface area contributed by atoms with Gasteiger partial charge >= 0.3 is 0 Å². The molecule has 0 spiro atoms. The smallest absolute Gasteiger partial charge is 0.0373 e. The van der Waals surface area contributed by atoms with Gasteiger partial charge in [0.05, 0.1) is 0 Å². The summed E-state index contributed by atoms with van der Waals surface area (Å²) in [6, 6.07) is 6.58. The summed E-state index contributed by atoms with van der Waals surface area (Å²) in [5, 5.41) is 6.48. The first-order valence-corrected chi connectivity index (χ1v) is 6.18. The van der Waals surface area contributed by atoms with Crippen molar-refractivity contribution >= 4 is 25.9 Å². The van der Waals surface area contributed by atoms with Crippen LogP contribution in [0.15, 0.2) is 24.4 Å². The van der Waals surface area contributed by atoms with Crippen LogP contribution < -0.4 is 10.6 Å². The lowest BCUT2D eigenvalue weighted by Gasteiger charge is -2.18. The summed E-state index contributed by atoms with van der Waals surface area (Å²) in [6.07, 6.45) is 4.38. The van der Waals surface area contributed by atoms with E-state index < -0.39 is 0 Å². The number of anilines is 1. The fourth-order valence-electron chi connectivity index (χ4n) is 2.02. The second-order valence-electron chi connectivity index (χ2n) is 3.93. The number of allylic oxidation sites excluding steroid dienone is 1. The Hall–Kier alpha value is -1.27. The highest BCUT2D eigenvalue weighted by atomic mass is 31.0. The highest BCUT2D eigenvalue weighted by molar-refractivity contribution is 7.20. The first-order chi connectivity index (χ1) is 7.85. The first kappa shape index (κ1) is 11.2. The average molecular weight is 232 g/mol. The minimum atomic E-state index is 1.09. The van der Waals surface area contributed by atoms with Crippen molar-refractivity contribution in [2.24, 2.45) is 0 Å². The molecule has 0 fully saturated rings. The second-order valence-corrected chi connectivity index (χ2v) is 4.22. The Morgan fingerprint density at radius 3 is 3.12 bits per heavy atom. The van der Waals surface area contributed by atoms with Crippen LogP contribution in [-0.4, -0.2) is 19.4 Å². The van der Waals surface area contributed by atoms with E-state index in [1.807, 2.05) is 19.0 Å². The van der Waals surface area contributed by atoms with Gasteiger partial charge in [-0.05, 0) is 41.9 Å². The molecule has 0 amide bonds. The molecule has 1 heterocycles. The van der Waals surface area contributed by atoms with E-state index in [2.05, 4.69) is 37.7 Å². The van der Waals surface area contributed by atoms with E-state index >= 15 is 0 Å². The summed E-state index contributed by atoms with van der Waals surface area (Å²) in [5.74, 6) is 1.94. The SMILES string of the molecule is CN/C=C(\C=P)c1ccc2c(c1)CCCN2. The monoisotopic (exact) mass is 232 g/mol. The van der Waals surface area contributed by atoms with Gasteiger partial charge in [0, 0.05) is 31.1 Å². The number of benzene rings is 1. The summed E-state index contributed by atoms with van der Waals surface area (Å²) < 4.78 is 0. The van der Waals surface area contributed by atoms with Gasteiger partial charge in [0.25, 0.3) is 0 Å². The third-order valence-electron chi connectivity index (χ3n) is 2.83. The maximum absolute atomic E-state index is 3.45. The Labute approximate surface area is 99.0 Å². The molecule has 2 nitrogen and oxygen atoms in total. The number of aryl methyl sites for hydroxylation is 1. The van der Waals surface area contributed by atoms with Crippen LogP contribution in [0.25, 0.3) is 5.57 Å². The molecule has 1 aromatic carbocycles. The highest BCUT2D eigenvalue weighted by Gasteiger charge is 2.09. The molecule has 2 rings (SSSR count). The molecule has 0 radical (unpaired) electrons. The molecule has 0 bridgehead atoms. The Morgan fingerprint density at radius 2 is 2.38 bits per heavy atom. The first-order valence-electron chi connectivity index (χ1n) is 5.60. The topological polar surface area (TPSA) is 24.1 Å². The molecular formula is C13H17N2P. The summed E-state index contributed by atoms with van der Waals surface area (Å²) in [7, 11) is 5.36. The van der Waals surface area contributed by atoms with Crippen molar-refractivity contribution in [3.05, 3.63) is 35.5 Å². The molecule has 3 heteroatoms. The average Bonchev–Trinajstić information content (AvgIpc) is 2.35. The molecule has 1 aromatic rings. The predicted molar refractivity (Wildman–Crippen MR) is 74.7 cm³/mol. The number of hydrogen-bond donors (Lipinski definition) is 2.